The molecule has 0 saturated carbocycles. The van der Waals surface area contributed by atoms with E-state index in [4.69, 9.17) is 22.1 Å². The number of nitrogens with two attached hydrogens (primary N) is 1. The topological polar surface area (TPSA) is 77.2 Å². The van der Waals surface area contributed by atoms with E-state index in [1.54, 1.807) is 20.2 Å². The second-order valence-electron chi connectivity index (χ2n) is 6.65. The molecule has 3 N–H and O–H groups in total. The van der Waals surface area contributed by atoms with Crippen molar-refractivity contribution in [3.63, 3.8) is 0 Å². The number of halogens is 2. The van der Waals surface area contributed by atoms with Gasteiger partial charge < -0.3 is 15.8 Å². The normalized spacial score (nSPS) is 13.0. The van der Waals surface area contributed by atoms with Crippen LogP contribution in [0.5, 0.6) is 5.75 Å². The highest BCUT2D eigenvalue weighted by molar-refractivity contribution is 7.15. The molecule has 29 heavy (non-hydrogen) atoms. The Bertz CT molecular complexity index is 994. The number of hydrogen-bond donors (Lipinski definition) is 2. The van der Waals surface area contributed by atoms with Crippen LogP contribution >= 0.6 is 22.9 Å². The molecule has 2 aromatic carbocycles. The van der Waals surface area contributed by atoms with Crippen LogP contribution < -0.4 is 15.8 Å². The number of hydrogen-bond acceptors (Lipinski definition) is 5. The SMILES string of the molecule is COc1ccc(-c2cnc([C@H](N)C[C@H](C)C(=O)Nc3ccc(F)c(Cl)c3)s2)cc1. The van der Waals surface area contributed by atoms with E-state index in [9.17, 15) is 9.18 Å². The molecule has 0 aliphatic heterocycles. The van der Waals surface area contributed by atoms with E-state index in [1.165, 1.54) is 29.5 Å². The molecule has 152 valence electrons. The predicted octanol–water partition coefficient (Wildman–Crippen LogP) is 5.28. The molecule has 0 aliphatic carbocycles. The van der Waals surface area contributed by atoms with E-state index >= 15 is 0 Å². The quantitative estimate of drug-likeness (QED) is 0.531. The van der Waals surface area contributed by atoms with Crippen molar-refractivity contribution < 1.29 is 13.9 Å². The Hall–Kier alpha value is -2.48. The summed E-state index contributed by atoms with van der Waals surface area (Å²) in [5.74, 6) is -0.314. The van der Waals surface area contributed by atoms with Crippen molar-refractivity contribution in [2.45, 2.75) is 19.4 Å². The van der Waals surface area contributed by atoms with E-state index in [0.29, 0.717) is 12.1 Å². The average Bonchev–Trinajstić information content (AvgIpc) is 3.21. The molecular formula is C21H21ClFN3O2S. The van der Waals surface area contributed by atoms with Crippen LogP contribution in [-0.4, -0.2) is 18.0 Å². The number of methoxy groups -OCH3 is 1. The van der Waals surface area contributed by atoms with Gasteiger partial charge in [0.1, 0.15) is 16.6 Å². The average molecular weight is 434 g/mol. The van der Waals surface area contributed by atoms with Crippen LogP contribution in [0.2, 0.25) is 5.02 Å². The van der Waals surface area contributed by atoms with Gasteiger partial charge in [-0.3, -0.25) is 4.79 Å². The molecule has 1 amide bonds. The summed E-state index contributed by atoms with van der Waals surface area (Å²) in [6, 6.07) is 11.4. The highest BCUT2D eigenvalue weighted by atomic mass is 35.5. The lowest BCUT2D eigenvalue weighted by Gasteiger charge is -2.16. The summed E-state index contributed by atoms with van der Waals surface area (Å²) in [7, 11) is 1.63. The van der Waals surface area contributed by atoms with Crippen molar-refractivity contribution in [2.75, 3.05) is 12.4 Å². The Balaban J connectivity index is 1.61. The lowest BCUT2D eigenvalue weighted by molar-refractivity contribution is -0.119. The molecule has 0 radical (unpaired) electrons. The van der Waals surface area contributed by atoms with Gasteiger partial charge >= 0.3 is 0 Å². The number of nitrogens with one attached hydrogen (secondary N) is 1. The van der Waals surface area contributed by atoms with Crippen LogP contribution in [0.15, 0.2) is 48.7 Å². The maximum Gasteiger partial charge on any atom is 0.227 e. The van der Waals surface area contributed by atoms with Crippen molar-refractivity contribution >= 4 is 34.5 Å². The van der Waals surface area contributed by atoms with E-state index < -0.39 is 5.82 Å². The Kier molecular flexibility index (Phi) is 6.84. The van der Waals surface area contributed by atoms with E-state index in [1.807, 2.05) is 24.3 Å². The lowest BCUT2D eigenvalue weighted by atomic mass is 10.0. The van der Waals surface area contributed by atoms with Gasteiger partial charge in [0.15, 0.2) is 0 Å². The van der Waals surface area contributed by atoms with Gasteiger partial charge in [-0.2, -0.15) is 0 Å². The van der Waals surface area contributed by atoms with E-state index in [0.717, 1.165) is 21.2 Å². The van der Waals surface area contributed by atoms with Gasteiger partial charge in [0.2, 0.25) is 5.91 Å². The van der Waals surface area contributed by atoms with Gasteiger partial charge in [-0.25, -0.2) is 9.37 Å². The van der Waals surface area contributed by atoms with Crippen molar-refractivity contribution in [2.24, 2.45) is 11.7 Å². The van der Waals surface area contributed by atoms with Gasteiger partial charge in [-0.05, 0) is 54.4 Å². The fraction of sp³-hybridized carbons (Fsp3) is 0.238. The second kappa shape index (κ2) is 9.35. The number of carbonyl (C=O) groups excluding carboxylic acids is 1. The first-order chi connectivity index (χ1) is 13.9. The highest BCUT2D eigenvalue weighted by Gasteiger charge is 2.20. The molecule has 1 aromatic heterocycles. The molecular weight excluding hydrogens is 413 g/mol. The smallest absolute Gasteiger partial charge is 0.227 e. The number of thiazole rings is 1. The van der Waals surface area contributed by atoms with Crippen LogP contribution in [0.3, 0.4) is 0 Å². The Labute approximate surface area is 177 Å². The number of aromatic nitrogens is 1. The van der Waals surface area contributed by atoms with E-state index in [-0.39, 0.29) is 22.9 Å². The second-order valence-corrected chi connectivity index (χ2v) is 8.12. The zero-order valence-electron chi connectivity index (χ0n) is 16.0. The fourth-order valence-corrected chi connectivity index (χ4v) is 3.89. The largest absolute Gasteiger partial charge is 0.497 e. The van der Waals surface area contributed by atoms with Crippen molar-refractivity contribution in [1.82, 2.24) is 4.98 Å². The number of nitrogens with zero attached hydrogens (tertiary/aromatic N) is 1. The zero-order chi connectivity index (χ0) is 21.0. The third kappa shape index (κ3) is 5.32. The van der Waals surface area contributed by atoms with Crippen molar-refractivity contribution in [3.8, 4) is 16.2 Å². The first kappa shape index (κ1) is 21.2. The molecule has 2 atom stereocenters. The number of amides is 1. The molecule has 8 heteroatoms. The predicted molar refractivity (Wildman–Crippen MR) is 115 cm³/mol. The monoisotopic (exact) mass is 433 g/mol. The number of rotatable bonds is 7. The third-order valence-electron chi connectivity index (χ3n) is 4.46. The first-order valence-electron chi connectivity index (χ1n) is 8.99. The molecule has 0 saturated heterocycles. The summed E-state index contributed by atoms with van der Waals surface area (Å²) < 4.78 is 18.4. The van der Waals surface area contributed by atoms with E-state index in [2.05, 4.69) is 10.3 Å². The summed E-state index contributed by atoms with van der Waals surface area (Å²) in [4.78, 5) is 17.9. The summed E-state index contributed by atoms with van der Waals surface area (Å²) in [5.41, 5.74) is 7.76. The summed E-state index contributed by atoms with van der Waals surface area (Å²) in [6.45, 7) is 1.79. The summed E-state index contributed by atoms with van der Waals surface area (Å²) in [5, 5.41) is 3.46. The van der Waals surface area contributed by atoms with Gasteiger partial charge in [-0.1, -0.05) is 18.5 Å². The maximum absolute atomic E-state index is 13.2. The van der Waals surface area contributed by atoms with Gasteiger partial charge in [0, 0.05) is 17.8 Å². The minimum absolute atomic E-state index is 0.0407. The van der Waals surface area contributed by atoms with Crippen LogP contribution in [0, 0.1) is 11.7 Å². The van der Waals surface area contributed by atoms with Gasteiger partial charge in [-0.15, -0.1) is 11.3 Å². The molecule has 0 aliphatic rings. The standard InChI is InChI=1S/C21H21ClFN3O2S/c1-12(20(27)26-14-5-8-17(23)16(22)10-14)9-18(24)21-25-11-19(29-21)13-3-6-15(28-2)7-4-13/h3-8,10-12,18H,9,24H2,1-2H3,(H,26,27)/t12-,18+/m0/s1. The number of anilines is 1. The zero-order valence-corrected chi connectivity index (χ0v) is 17.6. The Morgan fingerprint density at radius 1 is 1.31 bits per heavy atom. The minimum atomic E-state index is -0.531. The number of carbonyl (C=O) groups is 1. The highest BCUT2D eigenvalue weighted by Crippen LogP contribution is 2.31. The van der Waals surface area contributed by atoms with Gasteiger partial charge in [0.05, 0.1) is 23.1 Å². The maximum atomic E-state index is 13.2. The minimum Gasteiger partial charge on any atom is -0.497 e. The van der Waals surface area contributed by atoms with Gasteiger partial charge in [0.25, 0.3) is 0 Å². The number of benzene rings is 2. The molecule has 3 aromatic rings. The summed E-state index contributed by atoms with van der Waals surface area (Å²) >= 11 is 7.25. The van der Waals surface area contributed by atoms with Crippen molar-refractivity contribution in [3.05, 3.63) is 64.5 Å². The first-order valence-corrected chi connectivity index (χ1v) is 10.2. The molecule has 0 bridgehead atoms. The molecule has 0 spiro atoms. The third-order valence-corrected chi connectivity index (χ3v) is 5.93. The Morgan fingerprint density at radius 2 is 2.03 bits per heavy atom. The molecule has 3 rings (SSSR count). The Morgan fingerprint density at radius 3 is 2.69 bits per heavy atom. The molecule has 1 heterocycles. The van der Waals surface area contributed by atoms with Crippen LogP contribution in [0.1, 0.15) is 24.4 Å². The summed E-state index contributed by atoms with van der Waals surface area (Å²) in [6.07, 6.45) is 2.21. The molecule has 5 nitrogen and oxygen atoms in total. The van der Waals surface area contributed by atoms with Crippen molar-refractivity contribution in [1.29, 1.82) is 0 Å². The number of ether oxygens (including phenoxy) is 1. The molecule has 0 unspecified atom stereocenters. The van der Waals surface area contributed by atoms with Crippen LogP contribution in [-0.2, 0) is 4.79 Å². The molecule has 0 fully saturated rings. The van der Waals surface area contributed by atoms with Crippen LogP contribution in [0.4, 0.5) is 10.1 Å². The fourth-order valence-electron chi connectivity index (χ4n) is 2.78. The van der Waals surface area contributed by atoms with Crippen LogP contribution in [0.25, 0.3) is 10.4 Å². The lowest BCUT2D eigenvalue weighted by Crippen LogP contribution is -2.24.